The Morgan fingerprint density at radius 2 is 2.00 bits per heavy atom. The van der Waals surface area contributed by atoms with Crippen LogP contribution >= 0.6 is 0 Å². The van der Waals surface area contributed by atoms with Crippen LogP contribution in [0.3, 0.4) is 0 Å². The highest BCUT2D eigenvalue weighted by atomic mass is 16.5. The number of rotatable bonds is 4. The first-order valence-corrected chi connectivity index (χ1v) is 5.92. The number of carbonyl (C=O) groups excluding carboxylic acids is 2. The number of anilines is 1. The minimum Gasteiger partial charge on any atom is -0.458 e. The average molecular weight is 267 g/mol. The summed E-state index contributed by atoms with van der Waals surface area (Å²) in [4.78, 5) is 35.3. The lowest BCUT2D eigenvalue weighted by Crippen LogP contribution is -2.31. The van der Waals surface area contributed by atoms with Crippen LogP contribution in [0.2, 0.25) is 0 Å². The second kappa shape index (κ2) is 5.64. The Morgan fingerprint density at radius 3 is 2.42 bits per heavy atom. The van der Waals surface area contributed by atoms with Gasteiger partial charge in [0.05, 0.1) is 11.7 Å². The molecule has 104 valence electrons. The number of Topliss-reactive ketones (excluding diaryl/α,β-unsaturated/α-hetero) is 1. The molecule has 7 heteroatoms. The largest absolute Gasteiger partial charge is 0.458 e. The number of aromatic nitrogens is 2. The molecule has 0 aliphatic carbocycles. The summed E-state index contributed by atoms with van der Waals surface area (Å²) in [6, 6.07) is 0. The zero-order chi connectivity index (χ0) is 14.7. The molecule has 0 atom stereocenters. The van der Waals surface area contributed by atoms with Crippen molar-refractivity contribution in [3.05, 3.63) is 21.6 Å². The minimum atomic E-state index is -0.769. The van der Waals surface area contributed by atoms with Crippen molar-refractivity contribution in [2.75, 3.05) is 5.73 Å². The van der Waals surface area contributed by atoms with E-state index >= 15 is 0 Å². The van der Waals surface area contributed by atoms with Crippen molar-refractivity contribution in [2.45, 2.75) is 40.3 Å². The third kappa shape index (κ3) is 2.98. The summed E-state index contributed by atoms with van der Waals surface area (Å²) in [6.45, 7) is 6.48. The molecule has 0 unspecified atom stereocenters. The third-order valence-electron chi connectivity index (χ3n) is 2.38. The van der Waals surface area contributed by atoms with Crippen LogP contribution in [0.25, 0.3) is 0 Å². The second-order valence-electron chi connectivity index (χ2n) is 4.27. The van der Waals surface area contributed by atoms with Gasteiger partial charge in [-0.2, -0.15) is 5.10 Å². The number of hydrogen-bond acceptors (Lipinski definition) is 6. The van der Waals surface area contributed by atoms with Gasteiger partial charge in [-0.05, 0) is 27.7 Å². The summed E-state index contributed by atoms with van der Waals surface area (Å²) in [7, 11) is 0. The van der Waals surface area contributed by atoms with Gasteiger partial charge in [-0.25, -0.2) is 9.48 Å². The molecule has 0 aromatic carbocycles. The first kappa shape index (κ1) is 14.9. The van der Waals surface area contributed by atoms with Crippen molar-refractivity contribution in [1.29, 1.82) is 0 Å². The molecule has 1 aromatic rings. The lowest BCUT2D eigenvalue weighted by Gasteiger charge is -2.12. The van der Waals surface area contributed by atoms with Gasteiger partial charge in [0.2, 0.25) is 0 Å². The number of ether oxygens (including phenoxy) is 1. The summed E-state index contributed by atoms with van der Waals surface area (Å²) in [5.41, 5.74) is 4.36. The fraction of sp³-hybridized carbons (Fsp3) is 0.500. The molecule has 0 bridgehead atoms. The molecule has 0 spiro atoms. The van der Waals surface area contributed by atoms with Crippen molar-refractivity contribution in [3.63, 3.8) is 0 Å². The molecule has 0 aliphatic rings. The number of nitrogens with zero attached hydrogens (tertiary/aromatic N) is 2. The molecule has 7 nitrogen and oxygen atoms in total. The summed E-state index contributed by atoms with van der Waals surface area (Å²) in [6.07, 6.45) is -0.364. The Bertz CT molecular complexity index is 575. The summed E-state index contributed by atoms with van der Waals surface area (Å²) < 4.78 is 6.02. The molecule has 0 aliphatic heterocycles. The Labute approximate surface area is 110 Å². The number of aryl methyl sites for hydroxylation is 1. The van der Waals surface area contributed by atoms with Crippen LogP contribution in [0.4, 0.5) is 5.69 Å². The van der Waals surface area contributed by atoms with E-state index < -0.39 is 17.3 Å². The summed E-state index contributed by atoms with van der Waals surface area (Å²) in [5, 5.41) is 3.85. The van der Waals surface area contributed by atoms with Crippen molar-refractivity contribution >= 4 is 17.4 Å². The number of nitrogens with two attached hydrogens (primary N) is 1. The highest BCUT2D eigenvalue weighted by Gasteiger charge is 2.24. The van der Waals surface area contributed by atoms with E-state index in [0.29, 0.717) is 0 Å². The van der Waals surface area contributed by atoms with Crippen LogP contribution in [-0.2, 0) is 11.3 Å². The van der Waals surface area contributed by atoms with Crippen molar-refractivity contribution in [2.24, 2.45) is 0 Å². The molecule has 1 rings (SSSR count). The highest BCUT2D eigenvalue weighted by Crippen LogP contribution is 2.14. The average Bonchev–Trinajstić information content (AvgIpc) is 2.30. The van der Waals surface area contributed by atoms with E-state index in [1.807, 2.05) is 0 Å². The minimum absolute atomic E-state index is 0.180. The second-order valence-corrected chi connectivity index (χ2v) is 4.27. The third-order valence-corrected chi connectivity index (χ3v) is 2.38. The maximum atomic E-state index is 11.9. The van der Waals surface area contributed by atoms with E-state index in [9.17, 15) is 14.4 Å². The molecule has 0 amide bonds. The van der Waals surface area contributed by atoms with Crippen molar-refractivity contribution < 1.29 is 14.3 Å². The monoisotopic (exact) mass is 267 g/mol. The fourth-order valence-corrected chi connectivity index (χ4v) is 1.57. The van der Waals surface area contributed by atoms with Gasteiger partial charge in [0, 0.05) is 6.54 Å². The molecular formula is C12H17N3O4. The number of ketones is 1. The smallest absolute Gasteiger partial charge is 0.359 e. The normalized spacial score (nSPS) is 10.6. The van der Waals surface area contributed by atoms with Gasteiger partial charge in [-0.3, -0.25) is 9.59 Å². The molecule has 1 heterocycles. The van der Waals surface area contributed by atoms with Crippen molar-refractivity contribution in [3.8, 4) is 0 Å². The van der Waals surface area contributed by atoms with Gasteiger partial charge < -0.3 is 10.5 Å². The van der Waals surface area contributed by atoms with Crippen molar-refractivity contribution in [1.82, 2.24) is 9.78 Å². The summed E-state index contributed by atoms with van der Waals surface area (Å²) >= 11 is 0. The first-order chi connectivity index (χ1) is 8.79. The predicted octanol–water partition coefficient (Wildman–Crippen LogP) is 0.613. The number of nitrogen functional groups attached to an aromatic ring is 1. The fourth-order valence-electron chi connectivity index (χ4n) is 1.57. The van der Waals surface area contributed by atoms with E-state index in [1.165, 1.54) is 6.92 Å². The van der Waals surface area contributed by atoms with Crippen LogP contribution < -0.4 is 11.3 Å². The topological polar surface area (TPSA) is 104 Å². The van der Waals surface area contributed by atoms with E-state index in [1.54, 1.807) is 20.8 Å². The molecule has 19 heavy (non-hydrogen) atoms. The predicted molar refractivity (Wildman–Crippen MR) is 69.1 cm³/mol. The van der Waals surface area contributed by atoms with E-state index in [-0.39, 0.29) is 29.6 Å². The maximum Gasteiger partial charge on any atom is 0.359 e. The molecular weight excluding hydrogens is 250 g/mol. The van der Waals surface area contributed by atoms with Gasteiger partial charge in [-0.1, -0.05) is 0 Å². The quantitative estimate of drug-likeness (QED) is 0.633. The van der Waals surface area contributed by atoms with E-state index in [2.05, 4.69) is 5.10 Å². The molecule has 0 radical (unpaired) electrons. The van der Waals surface area contributed by atoms with E-state index in [4.69, 9.17) is 10.5 Å². The molecule has 0 saturated carbocycles. The lowest BCUT2D eigenvalue weighted by atomic mass is 10.1. The van der Waals surface area contributed by atoms with Crippen LogP contribution in [0.5, 0.6) is 0 Å². The van der Waals surface area contributed by atoms with Crippen LogP contribution in [-0.4, -0.2) is 27.6 Å². The summed E-state index contributed by atoms with van der Waals surface area (Å²) in [5.74, 6) is -1.27. The van der Waals surface area contributed by atoms with Crippen LogP contribution in [0.15, 0.2) is 4.79 Å². The van der Waals surface area contributed by atoms with Gasteiger partial charge in [0.15, 0.2) is 11.5 Å². The van der Waals surface area contributed by atoms with Crippen LogP contribution in [0, 0.1) is 0 Å². The number of esters is 1. The Morgan fingerprint density at radius 1 is 1.42 bits per heavy atom. The lowest BCUT2D eigenvalue weighted by molar-refractivity contribution is 0.0365. The SMILES string of the molecule is CCn1nc(C(=O)OC(C)C)c(C(C)=O)c(N)c1=O. The molecule has 0 fully saturated rings. The zero-order valence-electron chi connectivity index (χ0n) is 11.4. The van der Waals surface area contributed by atoms with Gasteiger partial charge in [-0.15, -0.1) is 0 Å². The van der Waals surface area contributed by atoms with Gasteiger partial charge in [0.25, 0.3) is 5.56 Å². The Balaban J connectivity index is 3.52. The van der Waals surface area contributed by atoms with Gasteiger partial charge in [0.1, 0.15) is 5.69 Å². The van der Waals surface area contributed by atoms with Gasteiger partial charge >= 0.3 is 5.97 Å². The maximum absolute atomic E-state index is 11.9. The molecule has 2 N–H and O–H groups in total. The standard InChI is InChI=1S/C12H17N3O4/c1-5-15-11(17)9(13)8(7(4)16)10(14-15)12(18)19-6(2)3/h6H,5,13H2,1-4H3. The van der Waals surface area contributed by atoms with Crippen LogP contribution in [0.1, 0.15) is 48.5 Å². The Hall–Kier alpha value is -2.18. The van der Waals surface area contributed by atoms with E-state index in [0.717, 1.165) is 4.68 Å². The number of hydrogen-bond donors (Lipinski definition) is 1. The number of carbonyl (C=O) groups is 2. The Kier molecular flexibility index (Phi) is 4.42. The first-order valence-electron chi connectivity index (χ1n) is 5.92. The highest BCUT2D eigenvalue weighted by molar-refractivity contribution is 6.07. The molecule has 0 saturated heterocycles. The molecule has 1 aromatic heterocycles. The zero-order valence-corrected chi connectivity index (χ0v) is 11.4.